The number of carbonyl (C=O) groups excluding carboxylic acids is 2. The Morgan fingerprint density at radius 1 is 1.38 bits per heavy atom. The number of rotatable bonds is 7. The maximum atomic E-state index is 11.9. The van der Waals surface area contributed by atoms with Gasteiger partial charge in [-0.25, -0.2) is 4.98 Å². The van der Waals surface area contributed by atoms with Gasteiger partial charge >= 0.3 is 0 Å². The molecule has 21 heavy (non-hydrogen) atoms. The van der Waals surface area contributed by atoms with Crippen LogP contribution in [0, 0.1) is 0 Å². The first-order valence-electron chi connectivity index (χ1n) is 7.05. The van der Waals surface area contributed by atoms with E-state index < -0.39 is 0 Å². The van der Waals surface area contributed by atoms with E-state index in [1.54, 1.807) is 42.2 Å². The average Bonchev–Trinajstić information content (AvgIpc) is 2.92. The second-order valence-electron chi connectivity index (χ2n) is 4.25. The lowest BCUT2D eigenvalue weighted by Gasteiger charge is -2.15. The number of aryl methyl sites for hydroxylation is 1. The van der Waals surface area contributed by atoms with E-state index >= 15 is 0 Å². The molecule has 5 nitrogen and oxygen atoms in total. The van der Waals surface area contributed by atoms with E-state index in [1.807, 2.05) is 26.8 Å². The fourth-order valence-electron chi connectivity index (χ4n) is 1.63. The van der Waals surface area contributed by atoms with E-state index in [0.29, 0.717) is 11.5 Å². The fraction of sp³-hybridized carbons (Fsp3) is 0.438. The fourth-order valence-corrected chi connectivity index (χ4v) is 1.63. The van der Waals surface area contributed by atoms with E-state index in [-0.39, 0.29) is 24.4 Å². The first-order valence-corrected chi connectivity index (χ1v) is 7.05. The summed E-state index contributed by atoms with van der Waals surface area (Å²) in [6.07, 6.45) is 7.12. The molecule has 1 aromatic rings. The Labute approximate surface area is 127 Å². The van der Waals surface area contributed by atoms with E-state index in [9.17, 15) is 9.59 Å². The van der Waals surface area contributed by atoms with Crippen molar-refractivity contribution in [3.05, 3.63) is 42.8 Å². The molecule has 0 N–H and O–H groups in total. The van der Waals surface area contributed by atoms with Crippen LogP contribution in [0.25, 0.3) is 0 Å². The maximum Gasteiger partial charge on any atom is 0.198 e. The van der Waals surface area contributed by atoms with Gasteiger partial charge in [-0.05, 0) is 13.1 Å². The lowest BCUT2D eigenvalue weighted by atomic mass is 10.1. The quantitative estimate of drug-likeness (QED) is 0.572. The highest BCUT2D eigenvalue weighted by molar-refractivity contribution is 5.99. The van der Waals surface area contributed by atoms with Gasteiger partial charge in [0.15, 0.2) is 17.4 Å². The highest BCUT2D eigenvalue weighted by atomic mass is 16.1. The number of carbonyl (C=O) groups is 2. The molecule has 5 heteroatoms. The van der Waals surface area contributed by atoms with Crippen molar-refractivity contribution in [2.75, 3.05) is 7.05 Å². The number of ketones is 2. The summed E-state index contributed by atoms with van der Waals surface area (Å²) in [6.45, 7) is 9.58. The second kappa shape index (κ2) is 9.69. The number of allylic oxidation sites excluding steroid dienone is 2. The SMILES string of the molecule is C=C(C(=O)CCC(=O)c1nccn1C)N(C)/C=C\C.CC. The predicted octanol–water partition coefficient (Wildman–Crippen LogP) is 2.96. The topological polar surface area (TPSA) is 55.2 Å². The van der Waals surface area contributed by atoms with Gasteiger partial charge in [0.25, 0.3) is 0 Å². The lowest BCUT2D eigenvalue weighted by Crippen LogP contribution is -2.18. The molecule has 0 amide bonds. The number of likely N-dealkylation sites (N-methyl/N-ethyl adjacent to an activating group) is 1. The molecule has 1 rings (SSSR count). The van der Waals surface area contributed by atoms with Crippen LogP contribution in [0.3, 0.4) is 0 Å². The number of hydrogen-bond donors (Lipinski definition) is 0. The molecule has 0 saturated heterocycles. The van der Waals surface area contributed by atoms with Crippen LogP contribution < -0.4 is 0 Å². The third-order valence-electron chi connectivity index (χ3n) is 2.77. The summed E-state index contributed by atoms with van der Waals surface area (Å²) in [6, 6.07) is 0. The zero-order valence-electron chi connectivity index (χ0n) is 13.6. The number of hydrogen-bond acceptors (Lipinski definition) is 4. The second-order valence-corrected chi connectivity index (χ2v) is 4.25. The van der Waals surface area contributed by atoms with Gasteiger partial charge in [-0.2, -0.15) is 0 Å². The van der Waals surface area contributed by atoms with Crippen molar-refractivity contribution in [2.24, 2.45) is 7.05 Å². The van der Waals surface area contributed by atoms with Crippen molar-refractivity contribution in [1.82, 2.24) is 14.5 Å². The van der Waals surface area contributed by atoms with Crippen molar-refractivity contribution in [3.63, 3.8) is 0 Å². The largest absolute Gasteiger partial charge is 0.349 e. The molecular formula is C16H25N3O2. The van der Waals surface area contributed by atoms with E-state index in [2.05, 4.69) is 11.6 Å². The maximum absolute atomic E-state index is 11.9. The van der Waals surface area contributed by atoms with Crippen molar-refractivity contribution >= 4 is 11.6 Å². The number of imidazole rings is 1. The molecule has 1 heterocycles. The predicted molar refractivity (Wildman–Crippen MR) is 84.8 cm³/mol. The van der Waals surface area contributed by atoms with Gasteiger partial charge in [-0.1, -0.05) is 26.5 Å². The Balaban J connectivity index is 0.00000191. The Hall–Kier alpha value is -2.17. The van der Waals surface area contributed by atoms with Crippen LogP contribution in [-0.4, -0.2) is 33.1 Å². The Kier molecular flexibility index (Phi) is 8.69. The van der Waals surface area contributed by atoms with Crippen LogP contribution in [0.15, 0.2) is 36.9 Å². The minimum absolute atomic E-state index is 0.136. The Morgan fingerprint density at radius 3 is 2.48 bits per heavy atom. The van der Waals surface area contributed by atoms with Crippen molar-refractivity contribution < 1.29 is 9.59 Å². The molecule has 0 saturated carbocycles. The summed E-state index contributed by atoms with van der Waals surface area (Å²) in [5, 5.41) is 0. The van der Waals surface area contributed by atoms with Gasteiger partial charge in [-0.15, -0.1) is 0 Å². The molecule has 0 spiro atoms. The number of aromatic nitrogens is 2. The van der Waals surface area contributed by atoms with Gasteiger partial charge < -0.3 is 9.47 Å². The molecular weight excluding hydrogens is 266 g/mol. The minimum atomic E-state index is -0.137. The van der Waals surface area contributed by atoms with Gasteiger partial charge in [0, 0.05) is 39.3 Å². The van der Waals surface area contributed by atoms with Gasteiger partial charge in [0.1, 0.15) is 0 Å². The van der Waals surface area contributed by atoms with Crippen LogP contribution in [0.1, 0.15) is 44.2 Å². The summed E-state index contributed by atoms with van der Waals surface area (Å²) in [4.78, 5) is 29.3. The summed E-state index contributed by atoms with van der Waals surface area (Å²) in [7, 11) is 3.50. The molecule has 116 valence electrons. The van der Waals surface area contributed by atoms with Crippen molar-refractivity contribution in [2.45, 2.75) is 33.6 Å². The monoisotopic (exact) mass is 291 g/mol. The average molecular weight is 291 g/mol. The molecule has 0 radical (unpaired) electrons. The molecule has 0 bridgehead atoms. The van der Waals surface area contributed by atoms with E-state index in [0.717, 1.165) is 0 Å². The molecule has 0 aliphatic carbocycles. The molecule has 0 atom stereocenters. The zero-order chi connectivity index (χ0) is 16.4. The zero-order valence-corrected chi connectivity index (χ0v) is 13.6. The molecule has 0 aromatic carbocycles. The van der Waals surface area contributed by atoms with Crippen LogP contribution in [0.2, 0.25) is 0 Å². The summed E-state index contributed by atoms with van der Waals surface area (Å²) in [5.74, 6) is 0.103. The highest BCUT2D eigenvalue weighted by Crippen LogP contribution is 2.08. The normalized spacial score (nSPS) is 9.95. The van der Waals surface area contributed by atoms with Crippen LogP contribution in [-0.2, 0) is 11.8 Å². The van der Waals surface area contributed by atoms with Gasteiger partial charge in [0.2, 0.25) is 0 Å². The van der Waals surface area contributed by atoms with Crippen LogP contribution in [0.4, 0.5) is 0 Å². The first kappa shape index (κ1) is 18.8. The number of Topliss-reactive ketones (excluding diaryl/α,β-unsaturated/α-hetero) is 2. The van der Waals surface area contributed by atoms with E-state index in [4.69, 9.17) is 0 Å². The summed E-state index contributed by atoms with van der Waals surface area (Å²) in [5.41, 5.74) is 0.380. The molecule has 0 fully saturated rings. The molecule has 0 aliphatic heterocycles. The standard InChI is InChI=1S/C14H19N3O2.C2H6/c1-5-9-16(3)11(2)12(18)6-7-13(19)14-15-8-10-17(14)4;1-2/h5,8-10H,2,6-7H2,1,3-4H3;1-2H3/b9-5-;. The third kappa shape index (κ3) is 5.77. The van der Waals surface area contributed by atoms with Crippen LogP contribution >= 0.6 is 0 Å². The van der Waals surface area contributed by atoms with Gasteiger partial charge in [0.05, 0.1) is 5.70 Å². The van der Waals surface area contributed by atoms with Crippen molar-refractivity contribution in [3.8, 4) is 0 Å². The third-order valence-corrected chi connectivity index (χ3v) is 2.77. The minimum Gasteiger partial charge on any atom is -0.349 e. The number of nitrogens with zero attached hydrogens (tertiary/aromatic N) is 3. The van der Waals surface area contributed by atoms with Crippen molar-refractivity contribution in [1.29, 1.82) is 0 Å². The molecule has 0 unspecified atom stereocenters. The summed E-state index contributed by atoms with van der Waals surface area (Å²) < 4.78 is 1.65. The molecule has 0 aliphatic rings. The van der Waals surface area contributed by atoms with Gasteiger partial charge in [-0.3, -0.25) is 9.59 Å². The van der Waals surface area contributed by atoms with E-state index in [1.165, 1.54) is 0 Å². The molecule has 1 aromatic heterocycles. The highest BCUT2D eigenvalue weighted by Gasteiger charge is 2.15. The van der Waals surface area contributed by atoms with Crippen LogP contribution in [0.5, 0.6) is 0 Å². The Bertz CT molecular complexity index is 515. The first-order chi connectivity index (χ1) is 9.97. The smallest absolute Gasteiger partial charge is 0.198 e. The Morgan fingerprint density at radius 2 is 2.00 bits per heavy atom. The lowest BCUT2D eigenvalue weighted by molar-refractivity contribution is -0.116. The summed E-state index contributed by atoms with van der Waals surface area (Å²) >= 11 is 0.